The summed E-state index contributed by atoms with van der Waals surface area (Å²) < 4.78 is 0. The molecule has 2 rings (SSSR count). The number of benzene rings is 1. The molecule has 0 atom stereocenters. The van der Waals surface area contributed by atoms with E-state index in [0.29, 0.717) is 25.1 Å². The van der Waals surface area contributed by atoms with Gasteiger partial charge in [0, 0.05) is 17.8 Å². The summed E-state index contributed by atoms with van der Waals surface area (Å²) in [6.45, 7) is 1.12. The molecule has 0 bridgehead atoms. The van der Waals surface area contributed by atoms with Crippen LogP contribution in [0.5, 0.6) is 0 Å². The third kappa shape index (κ3) is 2.62. The minimum Gasteiger partial charge on any atom is -0.352 e. The third-order valence-corrected chi connectivity index (χ3v) is 2.66. The maximum absolute atomic E-state index is 11.7. The van der Waals surface area contributed by atoms with Gasteiger partial charge in [-0.15, -0.1) is 0 Å². The zero-order valence-corrected chi connectivity index (χ0v) is 9.45. The molecule has 0 aromatic heterocycles. The Hall–Kier alpha value is -1.88. The van der Waals surface area contributed by atoms with Gasteiger partial charge in [-0.25, -0.2) is 0 Å². The maximum Gasteiger partial charge on any atom is 0.251 e. The highest BCUT2D eigenvalue weighted by Crippen LogP contribution is 2.23. The zero-order chi connectivity index (χ0) is 12.3. The largest absolute Gasteiger partial charge is 0.352 e. The summed E-state index contributed by atoms with van der Waals surface area (Å²) in [4.78, 5) is 22.9. The maximum atomic E-state index is 11.7. The van der Waals surface area contributed by atoms with E-state index < -0.39 is 0 Å². The van der Waals surface area contributed by atoms with Gasteiger partial charge >= 0.3 is 0 Å². The van der Waals surface area contributed by atoms with Gasteiger partial charge in [0.1, 0.15) is 0 Å². The number of hydrogen-bond donors (Lipinski definition) is 3. The normalized spacial score (nSPS) is 13.1. The van der Waals surface area contributed by atoms with Crippen LogP contribution in [0.25, 0.3) is 0 Å². The second kappa shape index (κ2) is 4.97. The van der Waals surface area contributed by atoms with Gasteiger partial charge in [0.05, 0.1) is 6.42 Å². The van der Waals surface area contributed by atoms with E-state index in [-0.39, 0.29) is 11.8 Å². The number of nitrogens with one attached hydrogen (secondary N) is 2. The number of rotatable bonds is 4. The average Bonchev–Trinajstić information content (AvgIpc) is 2.68. The van der Waals surface area contributed by atoms with E-state index in [0.717, 1.165) is 17.7 Å². The highest BCUT2D eigenvalue weighted by molar-refractivity contribution is 6.02. The van der Waals surface area contributed by atoms with Gasteiger partial charge in [-0.2, -0.15) is 0 Å². The second-order valence-corrected chi connectivity index (χ2v) is 4.00. The molecule has 1 aromatic rings. The Morgan fingerprint density at radius 3 is 3.06 bits per heavy atom. The van der Waals surface area contributed by atoms with E-state index in [1.165, 1.54) is 0 Å². The van der Waals surface area contributed by atoms with Crippen LogP contribution >= 0.6 is 0 Å². The summed E-state index contributed by atoms with van der Waals surface area (Å²) in [5, 5.41) is 5.49. The summed E-state index contributed by atoms with van der Waals surface area (Å²) in [6, 6.07) is 5.25. The van der Waals surface area contributed by atoms with Gasteiger partial charge in [0.2, 0.25) is 5.91 Å². The van der Waals surface area contributed by atoms with Gasteiger partial charge in [-0.3, -0.25) is 9.59 Å². The Morgan fingerprint density at radius 2 is 2.29 bits per heavy atom. The molecular weight excluding hydrogens is 218 g/mol. The van der Waals surface area contributed by atoms with Crippen molar-refractivity contribution in [3.8, 4) is 0 Å². The SMILES string of the molecule is NCCCNC(=O)c1ccc2c(c1)NC(=O)C2. The van der Waals surface area contributed by atoms with Crippen molar-refractivity contribution in [3.63, 3.8) is 0 Å². The molecule has 2 amide bonds. The molecular formula is C12H15N3O2. The van der Waals surface area contributed by atoms with E-state index in [1.54, 1.807) is 12.1 Å². The molecule has 5 nitrogen and oxygen atoms in total. The predicted molar refractivity (Wildman–Crippen MR) is 64.8 cm³/mol. The van der Waals surface area contributed by atoms with Crippen molar-refractivity contribution in [2.75, 3.05) is 18.4 Å². The van der Waals surface area contributed by atoms with E-state index >= 15 is 0 Å². The molecule has 1 aromatic carbocycles. The minimum atomic E-state index is -0.137. The number of nitrogens with two attached hydrogens (primary N) is 1. The standard InChI is InChI=1S/C12H15N3O2/c13-4-1-5-14-12(17)9-3-2-8-7-11(16)15-10(8)6-9/h2-3,6H,1,4-5,7,13H2,(H,14,17)(H,15,16). The quantitative estimate of drug-likeness (QED) is 0.652. The lowest BCUT2D eigenvalue weighted by molar-refractivity contribution is -0.115. The molecule has 0 radical (unpaired) electrons. The zero-order valence-electron chi connectivity index (χ0n) is 9.45. The molecule has 0 fully saturated rings. The van der Waals surface area contributed by atoms with Crippen molar-refractivity contribution in [1.82, 2.24) is 5.32 Å². The van der Waals surface area contributed by atoms with Crippen LogP contribution < -0.4 is 16.4 Å². The van der Waals surface area contributed by atoms with E-state index in [4.69, 9.17) is 5.73 Å². The average molecular weight is 233 g/mol. The Bertz CT molecular complexity index is 457. The lowest BCUT2D eigenvalue weighted by Gasteiger charge is -2.06. The number of carbonyl (C=O) groups excluding carboxylic acids is 2. The molecule has 0 unspecified atom stereocenters. The van der Waals surface area contributed by atoms with Gasteiger partial charge in [0.25, 0.3) is 5.91 Å². The van der Waals surface area contributed by atoms with Crippen molar-refractivity contribution >= 4 is 17.5 Å². The molecule has 4 N–H and O–H groups in total. The topological polar surface area (TPSA) is 84.2 Å². The summed E-state index contributed by atoms with van der Waals surface area (Å²) in [5.74, 6) is -0.164. The number of amides is 2. The fourth-order valence-electron chi connectivity index (χ4n) is 1.76. The minimum absolute atomic E-state index is 0.0271. The lowest BCUT2D eigenvalue weighted by Crippen LogP contribution is -2.25. The molecule has 0 saturated carbocycles. The Morgan fingerprint density at radius 1 is 1.47 bits per heavy atom. The molecule has 0 aliphatic carbocycles. The van der Waals surface area contributed by atoms with E-state index in [9.17, 15) is 9.59 Å². The Kier molecular flexibility index (Phi) is 3.39. The monoisotopic (exact) mass is 233 g/mol. The molecule has 1 heterocycles. The van der Waals surface area contributed by atoms with Gasteiger partial charge in [-0.05, 0) is 30.7 Å². The van der Waals surface area contributed by atoms with Crippen molar-refractivity contribution in [1.29, 1.82) is 0 Å². The van der Waals surface area contributed by atoms with Crippen LogP contribution in [0, 0.1) is 0 Å². The van der Waals surface area contributed by atoms with Gasteiger partial charge in [-0.1, -0.05) is 6.07 Å². The van der Waals surface area contributed by atoms with Crippen LogP contribution in [-0.4, -0.2) is 24.9 Å². The van der Waals surface area contributed by atoms with E-state index in [1.807, 2.05) is 6.07 Å². The third-order valence-electron chi connectivity index (χ3n) is 2.66. The molecule has 90 valence electrons. The summed E-state index contributed by atoms with van der Waals surface area (Å²) in [6.07, 6.45) is 1.15. The summed E-state index contributed by atoms with van der Waals surface area (Å²) >= 11 is 0. The molecule has 1 aliphatic rings. The van der Waals surface area contributed by atoms with Crippen LogP contribution in [0.2, 0.25) is 0 Å². The molecule has 17 heavy (non-hydrogen) atoms. The van der Waals surface area contributed by atoms with Crippen LogP contribution in [0.4, 0.5) is 5.69 Å². The highest BCUT2D eigenvalue weighted by Gasteiger charge is 2.18. The first-order chi connectivity index (χ1) is 8.20. The fraction of sp³-hybridized carbons (Fsp3) is 0.333. The van der Waals surface area contributed by atoms with Crippen LogP contribution in [0.3, 0.4) is 0 Å². The van der Waals surface area contributed by atoms with Crippen LogP contribution in [0.15, 0.2) is 18.2 Å². The van der Waals surface area contributed by atoms with Crippen LogP contribution in [-0.2, 0) is 11.2 Å². The summed E-state index contributed by atoms with van der Waals surface area (Å²) in [5.41, 5.74) is 7.58. The van der Waals surface area contributed by atoms with Crippen LogP contribution in [0.1, 0.15) is 22.3 Å². The number of anilines is 1. The van der Waals surface area contributed by atoms with Gasteiger partial charge in [0.15, 0.2) is 0 Å². The predicted octanol–water partition coefficient (Wildman–Crippen LogP) is 0.260. The smallest absolute Gasteiger partial charge is 0.251 e. The first-order valence-electron chi connectivity index (χ1n) is 5.62. The first-order valence-corrected chi connectivity index (χ1v) is 5.62. The molecule has 1 aliphatic heterocycles. The second-order valence-electron chi connectivity index (χ2n) is 4.00. The number of carbonyl (C=O) groups is 2. The van der Waals surface area contributed by atoms with Crippen molar-refractivity contribution in [2.24, 2.45) is 5.73 Å². The summed E-state index contributed by atoms with van der Waals surface area (Å²) in [7, 11) is 0. The van der Waals surface area contributed by atoms with Crippen molar-refractivity contribution in [3.05, 3.63) is 29.3 Å². The molecule has 0 saturated heterocycles. The molecule has 0 spiro atoms. The van der Waals surface area contributed by atoms with Crippen molar-refractivity contribution in [2.45, 2.75) is 12.8 Å². The van der Waals surface area contributed by atoms with Crippen molar-refractivity contribution < 1.29 is 9.59 Å². The number of fused-ring (bicyclic) bond motifs is 1. The Balaban J connectivity index is 2.05. The first kappa shape index (κ1) is 11.6. The number of hydrogen-bond acceptors (Lipinski definition) is 3. The highest BCUT2D eigenvalue weighted by atomic mass is 16.2. The van der Waals surface area contributed by atoms with Gasteiger partial charge < -0.3 is 16.4 Å². The Labute approximate surface area is 99.4 Å². The lowest BCUT2D eigenvalue weighted by atomic mass is 10.1. The molecule has 5 heteroatoms. The van der Waals surface area contributed by atoms with E-state index in [2.05, 4.69) is 10.6 Å². The fourth-order valence-corrected chi connectivity index (χ4v) is 1.76.